The van der Waals surface area contributed by atoms with Crippen molar-refractivity contribution in [1.29, 1.82) is 0 Å². The summed E-state index contributed by atoms with van der Waals surface area (Å²) >= 11 is -1.29. The first-order chi connectivity index (χ1) is 12.9. The first kappa shape index (κ1) is 21.6. The van der Waals surface area contributed by atoms with E-state index in [1.165, 1.54) is 23.6 Å². The molecule has 3 N–H and O–H groups in total. The summed E-state index contributed by atoms with van der Waals surface area (Å²) in [7, 11) is 2.11. The van der Waals surface area contributed by atoms with Crippen LogP contribution in [-0.4, -0.2) is 47.7 Å². The minimum atomic E-state index is -1.29. The van der Waals surface area contributed by atoms with Crippen LogP contribution in [0.5, 0.6) is 5.75 Å². The van der Waals surface area contributed by atoms with Gasteiger partial charge in [0.1, 0.15) is 6.26 Å². The number of hydrogen-bond donors (Lipinski definition) is 3. The average molecular weight is 391 g/mol. The molecule has 0 aliphatic heterocycles. The molecule has 0 aliphatic carbocycles. The molecule has 0 spiro atoms. The molecule has 2 aromatic carbocycles. The molecule has 27 heavy (non-hydrogen) atoms. The van der Waals surface area contributed by atoms with E-state index in [1.807, 2.05) is 0 Å². The van der Waals surface area contributed by atoms with Crippen molar-refractivity contribution in [2.75, 3.05) is 37.8 Å². The van der Waals surface area contributed by atoms with Crippen LogP contribution >= 0.6 is 0 Å². The number of aromatic hydroxyl groups is 1. The number of nitrogens with one attached hydrogen (secondary N) is 1. The van der Waals surface area contributed by atoms with Gasteiger partial charge < -0.3 is 25.0 Å². The van der Waals surface area contributed by atoms with Gasteiger partial charge in [-0.1, -0.05) is 24.3 Å². The summed E-state index contributed by atoms with van der Waals surface area (Å²) < 4.78 is 11.6. The number of benzene rings is 2. The van der Waals surface area contributed by atoms with E-state index < -0.39 is 17.3 Å². The van der Waals surface area contributed by atoms with Gasteiger partial charge in [-0.15, -0.1) is 0 Å². The van der Waals surface area contributed by atoms with E-state index in [4.69, 9.17) is 0 Å². The van der Waals surface area contributed by atoms with Gasteiger partial charge in [0.2, 0.25) is 0 Å². The molecule has 5 nitrogen and oxygen atoms in total. The molecule has 148 valence electrons. The van der Waals surface area contributed by atoms with Crippen LogP contribution < -0.4 is 10.2 Å². The second-order valence-corrected chi connectivity index (χ2v) is 8.16. The zero-order valence-corrected chi connectivity index (χ0v) is 17.1. The SMILES string of the molecule is Cc1ccccc1N(C)CCCCNCC(O)c1ccc(O)c([S+](C)[O-])c1. The summed E-state index contributed by atoms with van der Waals surface area (Å²) in [5.41, 5.74) is 3.20. The zero-order chi connectivity index (χ0) is 19.8. The average Bonchev–Trinajstić information content (AvgIpc) is 2.64. The lowest BCUT2D eigenvalue weighted by atomic mass is 10.1. The van der Waals surface area contributed by atoms with Crippen molar-refractivity contribution in [2.45, 2.75) is 30.8 Å². The smallest absolute Gasteiger partial charge is 0.194 e. The van der Waals surface area contributed by atoms with E-state index in [1.54, 1.807) is 12.1 Å². The highest BCUT2D eigenvalue weighted by Gasteiger charge is 2.15. The summed E-state index contributed by atoms with van der Waals surface area (Å²) in [6.45, 7) is 4.36. The molecule has 6 heteroatoms. The molecule has 2 aromatic rings. The van der Waals surface area contributed by atoms with Gasteiger partial charge in [-0.05, 0) is 60.7 Å². The number of unbranched alkanes of at least 4 members (excludes halogenated alkanes) is 1. The van der Waals surface area contributed by atoms with Crippen LogP contribution in [-0.2, 0) is 11.2 Å². The Kier molecular flexibility index (Phi) is 8.44. The number of rotatable bonds is 10. The lowest BCUT2D eigenvalue weighted by Gasteiger charge is -2.21. The van der Waals surface area contributed by atoms with E-state index in [-0.39, 0.29) is 5.75 Å². The van der Waals surface area contributed by atoms with Crippen molar-refractivity contribution in [2.24, 2.45) is 0 Å². The monoisotopic (exact) mass is 390 g/mol. The summed E-state index contributed by atoms with van der Waals surface area (Å²) in [5.74, 6) is -0.00230. The predicted molar refractivity (Wildman–Crippen MR) is 112 cm³/mol. The van der Waals surface area contributed by atoms with Crippen LogP contribution in [0.25, 0.3) is 0 Å². The van der Waals surface area contributed by atoms with Gasteiger partial charge in [0.15, 0.2) is 10.6 Å². The highest BCUT2D eigenvalue weighted by Crippen LogP contribution is 2.26. The maximum atomic E-state index is 11.6. The van der Waals surface area contributed by atoms with Crippen LogP contribution in [0.2, 0.25) is 0 Å². The Bertz CT molecular complexity index is 724. The zero-order valence-electron chi connectivity index (χ0n) is 16.3. The maximum Gasteiger partial charge on any atom is 0.194 e. The number of para-hydroxylation sites is 1. The number of phenolic OH excluding ortho intramolecular Hbond substituents is 1. The van der Waals surface area contributed by atoms with E-state index >= 15 is 0 Å². The third-order valence-corrected chi connectivity index (χ3v) is 5.59. The minimum absolute atomic E-state index is 0.00230. The Morgan fingerprint density at radius 3 is 2.63 bits per heavy atom. The molecule has 0 aromatic heterocycles. The molecule has 0 bridgehead atoms. The van der Waals surface area contributed by atoms with E-state index in [0.29, 0.717) is 17.0 Å². The van der Waals surface area contributed by atoms with Crippen molar-refractivity contribution >= 4 is 16.9 Å². The van der Waals surface area contributed by atoms with Gasteiger partial charge in [-0.3, -0.25) is 0 Å². The molecule has 0 saturated heterocycles. The minimum Gasteiger partial charge on any atom is -0.612 e. The summed E-state index contributed by atoms with van der Waals surface area (Å²) in [4.78, 5) is 2.62. The fourth-order valence-corrected chi connectivity index (χ4v) is 3.70. The molecule has 0 radical (unpaired) electrons. The standard InChI is InChI=1S/C21H30N2O3S/c1-16-8-4-5-9-18(16)23(2)13-7-6-12-22-15-20(25)17-10-11-19(24)21(14-17)27(3)26/h4-5,8-11,14,20,22,24-25H,6-7,12-13,15H2,1-3H3. The molecule has 2 atom stereocenters. The van der Waals surface area contributed by atoms with Crippen LogP contribution in [0.3, 0.4) is 0 Å². The number of aliphatic hydroxyl groups is 1. The molecule has 0 heterocycles. The topological polar surface area (TPSA) is 78.8 Å². The number of nitrogens with zero attached hydrogens (tertiary/aromatic N) is 1. The second kappa shape index (κ2) is 10.6. The Morgan fingerprint density at radius 2 is 1.93 bits per heavy atom. The Hall–Kier alpha value is -1.73. The van der Waals surface area contributed by atoms with E-state index in [9.17, 15) is 14.8 Å². The summed E-state index contributed by atoms with van der Waals surface area (Å²) in [6, 6.07) is 13.1. The highest BCUT2D eigenvalue weighted by atomic mass is 32.2. The Balaban J connectivity index is 1.69. The molecular weight excluding hydrogens is 360 g/mol. The molecule has 0 saturated carbocycles. The van der Waals surface area contributed by atoms with Gasteiger partial charge in [0.05, 0.1) is 6.10 Å². The van der Waals surface area contributed by atoms with Gasteiger partial charge in [0.25, 0.3) is 0 Å². The van der Waals surface area contributed by atoms with Crippen molar-refractivity contribution in [3.05, 3.63) is 53.6 Å². The number of aliphatic hydroxyl groups excluding tert-OH is 1. The van der Waals surface area contributed by atoms with Crippen molar-refractivity contribution < 1.29 is 14.8 Å². The van der Waals surface area contributed by atoms with Crippen LogP contribution in [0, 0.1) is 6.92 Å². The van der Waals surface area contributed by atoms with Gasteiger partial charge in [-0.2, -0.15) is 0 Å². The predicted octanol–water partition coefficient (Wildman–Crippen LogP) is 2.98. The lowest BCUT2D eigenvalue weighted by Crippen LogP contribution is -2.24. The molecule has 0 fully saturated rings. The van der Waals surface area contributed by atoms with Gasteiger partial charge in [-0.25, -0.2) is 0 Å². The molecule has 0 amide bonds. The van der Waals surface area contributed by atoms with Crippen molar-refractivity contribution in [3.63, 3.8) is 0 Å². The number of phenols is 1. The van der Waals surface area contributed by atoms with Crippen molar-refractivity contribution in [3.8, 4) is 5.75 Å². The molecule has 2 rings (SSSR count). The third kappa shape index (κ3) is 6.43. The number of anilines is 1. The van der Waals surface area contributed by atoms with Crippen molar-refractivity contribution in [1.82, 2.24) is 5.32 Å². The first-order valence-electron chi connectivity index (χ1n) is 9.22. The Labute approximate surface area is 165 Å². The number of hydrogen-bond acceptors (Lipinski definition) is 5. The van der Waals surface area contributed by atoms with Gasteiger partial charge in [0, 0.05) is 31.9 Å². The highest BCUT2D eigenvalue weighted by molar-refractivity contribution is 7.90. The van der Waals surface area contributed by atoms with Crippen LogP contribution in [0.4, 0.5) is 5.69 Å². The third-order valence-electron chi connectivity index (χ3n) is 4.64. The fraction of sp³-hybridized carbons (Fsp3) is 0.429. The van der Waals surface area contributed by atoms with Crippen LogP contribution in [0.1, 0.15) is 30.1 Å². The largest absolute Gasteiger partial charge is 0.612 e. The molecule has 0 aliphatic rings. The fourth-order valence-electron chi connectivity index (χ4n) is 3.04. The Morgan fingerprint density at radius 1 is 1.19 bits per heavy atom. The van der Waals surface area contributed by atoms with E-state index in [0.717, 1.165) is 25.9 Å². The maximum absolute atomic E-state index is 11.6. The second-order valence-electron chi connectivity index (χ2n) is 6.82. The van der Waals surface area contributed by atoms with Gasteiger partial charge >= 0.3 is 0 Å². The van der Waals surface area contributed by atoms with Crippen LogP contribution in [0.15, 0.2) is 47.4 Å². The molecule has 2 unspecified atom stereocenters. The quantitative estimate of drug-likeness (QED) is 0.429. The molecular formula is C21H30N2O3S. The first-order valence-corrected chi connectivity index (χ1v) is 10.8. The lowest BCUT2D eigenvalue weighted by molar-refractivity contribution is 0.174. The number of aryl methyl sites for hydroxylation is 1. The normalized spacial score (nSPS) is 13.4. The summed E-state index contributed by atoms with van der Waals surface area (Å²) in [6.07, 6.45) is 2.90. The van der Waals surface area contributed by atoms with E-state index in [2.05, 4.69) is 48.5 Å². The summed E-state index contributed by atoms with van der Waals surface area (Å²) in [5, 5.41) is 23.3.